The smallest absolute Gasteiger partial charge is 0.124 e. The first kappa shape index (κ1) is 18.1. The van der Waals surface area contributed by atoms with Crippen molar-refractivity contribution < 1.29 is 5.11 Å². The molecule has 0 aliphatic rings. The number of nitrogens with zero attached hydrogens (tertiary/aromatic N) is 1. The second-order valence-electron chi connectivity index (χ2n) is 3.68. The van der Waals surface area contributed by atoms with Crippen molar-refractivity contribution in [2.24, 2.45) is 17.2 Å². The molecule has 0 aromatic heterocycles. The molecule has 1 aromatic carbocycles. The van der Waals surface area contributed by atoms with Gasteiger partial charge in [-0.2, -0.15) is 0 Å². The van der Waals surface area contributed by atoms with E-state index in [4.69, 9.17) is 22.6 Å². The van der Waals surface area contributed by atoms with Crippen molar-refractivity contribution in [3.05, 3.63) is 60.2 Å². The second-order valence-corrected chi connectivity index (χ2v) is 3.68. The molecule has 0 bridgehead atoms. The first-order chi connectivity index (χ1) is 10.0. The first-order valence-corrected chi connectivity index (χ1v) is 6.43. The Balaban J connectivity index is 0.00000191. The summed E-state index contributed by atoms with van der Waals surface area (Å²) >= 11 is 0. The van der Waals surface area contributed by atoms with Crippen LogP contribution in [0.25, 0.3) is 5.70 Å². The zero-order valence-electron chi connectivity index (χ0n) is 12.4. The van der Waals surface area contributed by atoms with Gasteiger partial charge in [-0.15, -0.1) is 0 Å². The summed E-state index contributed by atoms with van der Waals surface area (Å²) in [6.45, 7) is 7.54. The number of phenols is 1. The van der Waals surface area contributed by atoms with Crippen LogP contribution in [0.15, 0.2) is 54.6 Å². The molecule has 0 fully saturated rings. The van der Waals surface area contributed by atoms with Crippen molar-refractivity contribution in [3.63, 3.8) is 0 Å². The van der Waals surface area contributed by atoms with Gasteiger partial charge in [-0.05, 0) is 18.2 Å². The lowest BCUT2D eigenvalue weighted by Gasteiger charge is -2.17. The highest BCUT2D eigenvalue weighted by Crippen LogP contribution is 2.22. The summed E-state index contributed by atoms with van der Waals surface area (Å²) in [5.74, 6) is 0.0352. The van der Waals surface area contributed by atoms with E-state index in [1.54, 1.807) is 18.2 Å². The molecular formula is C15H23N5O. The van der Waals surface area contributed by atoms with Gasteiger partial charge in [0.2, 0.25) is 0 Å². The van der Waals surface area contributed by atoms with Crippen LogP contribution in [0.3, 0.4) is 0 Å². The van der Waals surface area contributed by atoms with Gasteiger partial charge < -0.3 is 27.2 Å². The maximum atomic E-state index is 9.71. The lowest BCUT2D eigenvalue weighted by atomic mass is 10.1. The summed E-state index contributed by atoms with van der Waals surface area (Å²) in [4.78, 5) is 1.31. The predicted molar refractivity (Wildman–Crippen MR) is 87.8 cm³/mol. The number of hydrogen-bond acceptors (Lipinski definition) is 5. The normalized spacial score (nSPS) is 9.90. The van der Waals surface area contributed by atoms with Gasteiger partial charge in [-0.25, -0.2) is 0 Å². The summed E-state index contributed by atoms with van der Waals surface area (Å²) in [7, 11) is 0. The first-order valence-electron chi connectivity index (χ1n) is 6.43. The largest absolute Gasteiger partial charge is 0.507 e. The van der Waals surface area contributed by atoms with E-state index in [0.717, 1.165) is 6.34 Å². The molecule has 8 N–H and O–H groups in total. The highest BCUT2D eigenvalue weighted by molar-refractivity contribution is 5.71. The van der Waals surface area contributed by atoms with E-state index in [1.165, 1.54) is 23.2 Å². The number of nitrogens with one attached hydrogen (secondary N) is 1. The molecule has 0 saturated heterocycles. The number of allylic oxidation sites excluding steroid dienone is 1. The second kappa shape index (κ2) is 9.08. The summed E-state index contributed by atoms with van der Waals surface area (Å²) in [6.07, 6.45) is 3.84. The Bertz CT molecular complexity index is 537. The molecule has 0 atom stereocenters. The highest BCUT2D eigenvalue weighted by Gasteiger charge is 2.08. The van der Waals surface area contributed by atoms with Gasteiger partial charge in [0, 0.05) is 17.5 Å². The number of nitrogens with two attached hydrogens (primary N) is 3. The van der Waals surface area contributed by atoms with Gasteiger partial charge in [-0.1, -0.05) is 32.6 Å². The molecular weight excluding hydrogens is 266 g/mol. The van der Waals surface area contributed by atoms with Crippen molar-refractivity contribution >= 4 is 12.0 Å². The third-order valence-corrected chi connectivity index (χ3v) is 2.42. The Morgan fingerprint density at radius 2 is 1.81 bits per heavy atom. The van der Waals surface area contributed by atoms with Crippen LogP contribution in [-0.4, -0.2) is 16.3 Å². The van der Waals surface area contributed by atoms with E-state index >= 15 is 0 Å². The third kappa shape index (κ3) is 4.94. The summed E-state index contributed by atoms with van der Waals surface area (Å²) in [6, 6.07) is 6.61. The van der Waals surface area contributed by atoms with Crippen molar-refractivity contribution in [2.75, 3.05) is 0 Å². The fraction of sp³-hybridized carbons (Fsp3) is 0.133. The van der Waals surface area contributed by atoms with Crippen molar-refractivity contribution in [2.45, 2.75) is 13.8 Å². The topological polar surface area (TPSA) is 125 Å². The third-order valence-electron chi connectivity index (χ3n) is 2.42. The van der Waals surface area contributed by atoms with Gasteiger partial charge in [0.05, 0.1) is 12.0 Å². The van der Waals surface area contributed by atoms with Crippen LogP contribution in [-0.2, 0) is 0 Å². The van der Waals surface area contributed by atoms with Crippen LogP contribution in [0, 0.1) is 5.41 Å². The maximum Gasteiger partial charge on any atom is 0.124 e. The van der Waals surface area contributed by atoms with Crippen molar-refractivity contribution in [3.8, 4) is 5.75 Å². The molecule has 0 heterocycles. The van der Waals surface area contributed by atoms with Crippen molar-refractivity contribution in [1.82, 2.24) is 4.90 Å². The molecule has 0 unspecified atom stereocenters. The molecule has 0 radical (unpaired) electrons. The number of rotatable bonds is 5. The van der Waals surface area contributed by atoms with Gasteiger partial charge in [0.15, 0.2) is 0 Å². The maximum absolute atomic E-state index is 9.71. The Hall–Kier alpha value is -2.89. The number of aromatic hydroxyl groups is 1. The minimum absolute atomic E-state index is 0.0122. The predicted octanol–water partition coefficient (Wildman–Crippen LogP) is 1.86. The molecule has 0 saturated carbocycles. The van der Waals surface area contributed by atoms with E-state index in [2.05, 4.69) is 6.58 Å². The molecule has 0 spiro atoms. The van der Waals surface area contributed by atoms with E-state index < -0.39 is 0 Å². The van der Waals surface area contributed by atoms with Gasteiger partial charge in [0.1, 0.15) is 11.6 Å². The Morgan fingerprint density at radius 3 is 2.24 bits per heavy atom. The summed E-state index contributed by atoms with van der Waals surface area (Å²) < 4.78 is 0. The standard InChI is InChI=1S/C13H17N5O.C2H6/c1-2-18(8-14)11(13(16)17)7-10(15)9-5-3-4-6-12(9)19;1-2/h2-8,14,19H,1,15-17H2;1-2H3/b10-7-,14-8?;. The van der Waals surface area contributed by atoms with Gasteiger partial charge >= 0.3 is 0 Å². The number of phenolic OH excluding ortho intramolecular Hbond substituents is 1. The lowest BCUT2D eigenvalue weighted by Crippen LogP contribution is -2.22. The minimum Gasteiger partial charge on any atom is -0.507 e. The van der Waals surface area contributed by atoms with Gasteiger partial charge in [-0.3, -0.25) is 5.41 Å². The molecule has 1 aromatic rings. The average molecular weight is 289 g/mol. The average Bonchev–Trinajstić information content (AvgIpc) is 2.49. The number of para-hydroxylation sites is 1. The fourth-order valence-electron chi connectivity index (χ4n) is 1.47. The van der Waals surface area contributed by atoms with E-state index in [-0.39, 0.29) is 17.3 Å². The van der Waals surface area contributed by atoms with Crippen molar-refractivity contribution in [1.29, 1.82) is 5.41 Å². The zero-order valence-corrected chi connectivity index (χ0v) is 12.4. The molecule has 1 rings (SSSR count). The Kier molecular flexibility index (Phi) is 7.83. The minimum atomic E-state index is -0.0122. The number of benzene rings is 1. The fourth-order valence-corrected chi connectivity index (χ4v) is 1.47. The number of hydrogen-bond donors (Lipinski definition) is 5. The van der Waals surface area contributed by atoms with Gasteiger partial charge in [0.25, 0.3) is 0 Å². The van der Waals surface area contributed by atoms with Crippen LogP contribution in [0.1, 0.15) is 19.4 Å². The molecule has 0 aliphatic carbocycles. The van der Waals surface area contributed by atoms with Crippen LogP contribution < -0.4 is 17.2 Å². The quantitative estimate of drug-likeness (QED) is 0.321. The SMILES string of the molecule is C=CN(C=N)C(/C=C(\N)c1ccccc1O)=C(N)N.CC. The lowest BCUT2D eigenvalue weighted by molar-refractivity contribution is 0.473. The van der Waals surface area contributed by atoms with Crippen LogP contribution in [0.2, 0.25) is 0 Å². The molecule has 114 valence electrons. The highest BCUT2D eigenvalue weighted by atomic mass is 16.3. The summed E-state index contributed by atoms with van der Waals surface area (Å²) in [5.41, 5.74) is 18.0. The molecule has 21 heavy (non-hydrogen) atoms. The van der Waals surface area contributed by atoms with Crippen LogP contribution >= 0.6 is 0 Å². The zero-order chi connectivity index (χ0) is 16.4. The molecule has 0 amide bonds. The monoisotopic (exact) mass is 289 g/mol. The Labute approximate surface area is 125 Å². The molecule has 6 nitrogen and oxygen atoms in total. The van der Waals surface area contributed by atoms with E-state index in [1.807, 2.05) is 13.8 Å². The molecule has 0 aliphatic heterocycles. The van der Waals surface area contributed by atoms with E-state index in [9.17, 15) is 5.11 Å². The Morgan fingerprint density at radius 1 is 1.24 bits per heavy atom. The van der Waals surface area contributed by atoms with Crippen LogP contribution in [0.5, 0.6) is 5.75 Å². The summed E-state index contributed by atoms with van der Waals surface area (Å²) in [5, 5.41) is 16.9. The van der Waals surface area contributed by atoms with Crippen LogP contribution in [0.4, 0.5) is 0 Å². The van der Waals surface area contributed by atoms with E-state index in [0.29, 0.717) is 11.3 Å². The molecule has 6 heteroatoms.